The molecule has 5 heteroatoms. The second-order valence-corrected chi connectivity index (χ2v) is 8.55. The maximum atomic E-state index is 11.6. The molecule has 2 aliphatic rings. The normalized spacial score (nSPS) is 27.6. The van der Waals surface area contributed by atoms with E-state index in [0.717, 1.165) is 35.3 Å². The second-order valence-electron chi connectivity index (χ2n) is 8.55. The summed E-state index contributed by atoms with van der Waals surface area (Å²) in [7, 11) is 0. The summed E-state index contributed by atoms with van der Waals surface area (Å²) >= 11 is 0. The summed E-state index contributed by atoms with van der Waals surface area (Å²) in [6.07, 6.45) is 1.77. The molecule has 142 valence electrons. The van der Waals surface area contributed by atoms with Gasteiger partial charge in [-0.1, -0.05) is 51.1 Å². The van der Waals surface area contributed by atoms with Crippen LogP contribution in [0.25, 0.3) is 11.1 Å². The average Bonchev–Trinajstić information content (AvgIpc) is 3.05. The van der Waals surface area contributed by atoms with Crippen molar-refractivity contribution in [2.75, 3.05) is 0 Å². The topological polar surface area (TPSA) is 69.6 Å². The Labute approximate surface area is 188 Å². The van der Waals surface area contributed by atoms with E-state index in [4.69, 9.17) is 4.74 Å². The summed E-state index contributed by atoms with van der Waals surface area (Å²) in [4.78, 5) is 11.6. The van der Waals surface area contributed by atoms with E-state index in [-0.39, 0.29) is 41.0 Å². The Morgan fingerprint density at radius 3 is 2.50 bits per heavy atom. The number of carboxylic acids is 1. The van der Waals surface area contributed by atoms with E-state index in [2.05, 4.69) is 20.8 Å². The maximum absolute atomic E-state index is 11.6. The largest absolute Gasteiger partial charge is 1.00 e. The Kier molecular flexibility index (Phi) is 5.72. The van der Waals surface area contributed by atoms with Gasteiger partial charge < -0.3 is 19.7 Å². The standard InChI is InChI=1S/C23H26O4.Na/c1-14-9-10-19(24)22(2,3)23(14)13-17-11-16(21(25)26)12-18(20(17)27-23)15-7-5-4-6-8-15;/h4-8,11-12,14,19,24H,9-10,13H2,1-3H3,(H,25,26);/q;+1/p-1/t14-,19+,23+;/m1./s1. The van der Waals surface area contributed by atoms with E-state index in [1.165, 1.54) is 0 Å². The molecular weight excluding hydrogens is 363 g/mol. The van der Waals surface area contributed by atoms with Gasteiger partial charge in [-0.2, -0.15) is 0 Å². The summed E-state index contributed by atoms with van der Waals surface area (Å²) in [5.41, 5.74) is 1.72. The molecule has 1 N–H and O–H groups in total. The fourth-order valence-electron chi connectivity index (χ4n) is 4.95. The zero-order chi connectivity index (χ0) is 19.4. The van der Waals surface area contributed by atoms with Crippen LogP contribution in [0.3, 0.4) is 0 Å². The van der Waals surface area contributed by atoms with Crippen molar-refractivity contribution >= 4 is 5.97 Å². The molecule has 3 atom stereocenters. The molecule has 0 bridgehead atoms. The molecule has 28 heavy (non-hydrogen) atoms. The van der Waals surface area contributed by atoms with E-state index >= 15 is 0 Å². The van der Waals surface area contributed by atoms with Crippen LogP contribution in [0, 0.1) is 11.3 Å². The molecule has 0 radical (unpaired) electrons. The molecule has 1 fully saturated rings. The summed E-state index contributed by atoms with van der Waals surface area (Å²) in [5.74, 6) is -0.203. The summed E-state index contributed by atoms with van der Waals surface area (Å²) in [6, 6.07) is 13.0. The summed E-state index contributed by atoms with van der Waals surface area (Å²) in [6.45, 7) is 6.28. The molecule has 0 aromatic heterocycles. The molecule has 1 spiro atoms. The minimum absolute atomic E-state index is 0. The van der Waals surface area contributed by atoms with Crippen molar-refractivity contribution < 1.29 is 49.3 Å². The van der Waals surface area contributed by atoms with Crippen LogP contribution in [0.5, 0.6) is 5.75 Å². The molecule has 4 nitrogen and oxygen atoms in total. The van der Waals surface area contributed by atoms with Crippen LogP contribution in [0.4, 0.5) is 0 Å². The number of ether oxygens (including phenoxy) is 1. The van der Waals surface area contributed by atoms with Crippen molar-refractivity contribution in [2.45, 2.75) is 51.7 Å². The third-order valence-electron chi connectivity index (χ3n) is 6.82. The molecule has 0 amide bonds. The Bertz CT molecular complexity index is 893. The number of hydrogen-bond donors (Lipinski definition) is 1. The predicted octanol–water partition coefficient (Wildman–Crippen LogP) is 0.212. The van der Waals surface area contributed by atoms with Crippen LogP contribution < -0.4 is 39.4 Å². The summed E-state index contributed by atoms with van der Waals surface area (Å²) < 4.78 is 6.68. The zero-order valence-electron chi connectivity index (χ0n) is 17.0. The van der Waals surface area contributed by atoms with Crippen LogP contribution in [-0.2, 0) is 6.42 Å². The first-order chi connectivity index (χ1) is 12.8. The predicted molar refractivity (Wildman–Crippen MR) is 101 cm³/mol. The van der Waals surface area contributed by atoms with Crippen molar-refractivity contribution in [1.82, 2.24) is 0 Å². The monoisotopic (exact) mass is 388 g/mol. The number of carboxylic acid groups (broad SMARTS) is 1. The van der Waals surface area contributed by atoms with Crippen molar-refractivity contribution in [2.24, 2.45) is 11.3 Å². The molecule has 1 aliphatic heterocycles. The van der Waals surface area contributed by atoms with Crippen molar-refractivity contribution in [1.29, 1.82) is 0 Å². The van der Waals surface area contributed by atoms with Gasteiger partial charge in [-0.3, -0.25) is 0 Å². The van der Waals surface area contributed by atoms with Crippen LogP contribution in [-0.4, -0.2) is 22.8 Å². The van der Waals surface area contributed by atoms with E-state index < -0.39 is 23.1 Å². The quantitative estimate of drug-likeness (QED) is 0.747. The average molecular weight is 388 g/mol. The van der Waals surface area contributed by atoms with Gasteiger partial charge in [-0.15, -0.1) is 0 Å². The number of benzene rings is 2. The molecule has 0 saturated heterocycles. The summed E-state index contributed by atoms with van der Waals surface area (Å²) in [5, 5.41) is 22.3. The molecule has 0 unspecified atom stereocenters. The molecule has 4 rings (SSSR count). The Hall–Kier alpha value is -1.33. The van der Waals surface area contributed by atoms with Crippen LogP contribution in [0.2, 0.25) is 0 Å². The van der Waals surface area contributed by atoms with Crippen LogP contribution >= 0.6 is 0 Å². The first kappa shape index (κ1) is 21.4. The number of aliphatic hydroxyl groups excluding tert-OH is 1. The maximum Gasteiger partial charge on any atom is 1.00 e. The van der Waals surface area contributed by atoms with Gasteiger partial charge in [0.05, 0.1) is 12.1 Å². The van der Waals surface area contributed by atoms with E-state index in [1.54, 1.807) is 12.1 Å². The zero-order valence-corrected chi connectivity index (χ0v) is 19.0. The number of carbonyl (C=O) groups excluding carboxylic acids is 1. The third-order valence-corrected chi connectivity index (χ3v) is 6.82. The van der Waals surface area contributed by atoms with Crippen molar-refractivity contribution in [3.63, 3.8) is 0 Å². The number of hydrogen-bond acceptors (Lipinski definition) is 4. The van der Waals surface area contributed by atoms with Gasteiger partial charge in [0, 0.05) is 17.4 Å². The molecule has 2 aromatic rings. The van der Waals surface area contributed by atoms with E-state index in [1.807, 2.05) is 30.3 Å². The molecular formula is C23H25NaO4. The van der Waals surface area contributed by atoms with Crippen molar-refractivity contribution in [3.8, 4) is 16.9 Å². The minimum Gasteiger partial charge on any atom is -0.545 e. The molecule has 1 heterocycles. The number of fused-ring (bicyclic) bond motifs is 1. The van der Waals surface area contributed by atoms with Crippen molar-refractivity contribution in [3.05, 3.63) is 53.6 Å². The smallest absolute Gasteiger partial charge is 0.545 e. The molecule has 1 aliphatic carbocycles. The molecule has 1 saturated carbocycles. The number of aromatic carboxylic acids is 1. The fourth-order valence-corrected chi connectivity index (χ4v) is 4.95. The third kappa shape index (κ3) is 3.11. The SMILES string of the molecule is C[C@@H]1CC[C@H](O)C(C)(C)[C@]12Cc1cc(C(=O)[O-])cc(-c3ccccc3)c1O2.[Na+]. The van der Waals surface area contributed by atoms with Gasteiger partial charge in [0.15, 0.2) is 0 Å². The number of rotatable bonds is 2. The van der Waals surface area contributed by atoms with Gasteiger partial charge in [-0.05, 0) is 47.6 Å². The molecule has 2 aromatic carbocycles. The fraction of sp³-hybridized carbons (Fsp3) is 0.435. The van der Waals surface area contributed by atoms with Gasteiger partial charge >= 0.3 is 29.6 Å². The number of aliphatic hydroxyl groups is 1. The first-order valence-corrected chi connectivity index (χ1v) is 9.57. The first-order valence-electron chi connectivity index (χ1n) is 9.57. The van der Waals surface area contributed by atoms with Gasteiger partial charge in [0.2, 0.25) is 0 Å². The van der Waals surface area contributed by atoms with Gasteiger partial charge in [0.25, 0.3) is 0 Å². The van der Waals surface area contributed by atoms with E-state index in [9.17, 15) is 15.0 Å². The van der Waals surface area contributed by atoms with Crippen LogP contribution in [0.1, 0.15) is 49.5 Å². The van der Waals surface area contributed by atoms with E-state index in [0.29, 0.717) is 6.42 Å². The van der Waals surface area contributed by atoms with Crippen LogP contribution in [0.15, 0.2) is 42.5 Å². The Morgan fingerprint density at radius 1 is 1.18 bits per heavy atom. The number of carbonyl (C=O) groups is 1. The Balaban J connectivity index is 0.00000225. The minimum atomic E-state index is -1.19. The Morgan fingerprint density at radius 2 is 1.86 bits per heavy atom. The van der Waals surface area contributed by atoms with Gasteiger partial charge in [-0.25, -0.2) is 0 Å². The second kappa shape index (κ2) is 7.49. The van der Waals surface area contributed by atoms with Gasteiger partial charge in [0.1, 0.15) is 11.4 Å².